The van der Waals surface area contributed by atoms with E-state index in [0.717, 1.165) is 36.7 Å². The molecule has 0 radical (unpaired) electrons. The van der Waals surface area contributed by atoms with Gasteiger partial charge in [-0.2, -0.15) is 0 Å². The van der Waals surface area contributed by atoms with Gasteiger partial charge in [-0.1, -0.05) is 49.4 Å². The van der Waals surface area contributed by atoms with Gasteiger partial charge in [-0.3, -0.25) is 0 Å². The Balaban J connectivity index is 0.000000297. The molecule has 0 bridgehead atoms. The lowest BCUT2D eigenvalue weighted by Crippen LogP contribution is -2.40. The molecule has 5 heteroatoms. The van der Waals surface area contributed by atoms with E-state index < -0.39 is 12.1 Å². The van der Waals surface area contributed by atoms with Gasteiger partial charge in [0.15, 0.2) is 0 Å². The largest absolute Gasteiger partial charge is 0.491 e. The molecule has 1 aliphatic rings. The monoisotopic (exact) mass is 411 g/mol. The number of carboxylic acid groups (broad SMARTS) is 1. The maximum Gasteiger partial charge on any atom is 0.335 e. The molecule has 0 spiro atoms. The Labute approximate surface area is 179 Å². The van der Waals surface area contributed by atoms with Gasteiger partial charge < -0.3 is 19.8 Å². The zero-order valence-electron chi connectivity index (χ0n) is 17.7. The van der Waals surface area contributed by atoms with E-state index in [1.165, 1.54) is 12.8 Å². The number of benzene rings is 2. The molecule has 2 N–H and O–H groups in total. The second-order valence-electron chi connectivity index (χ2n) is 7.72. The fourth-order valence-electron chi connectivity index (χ4n) is 3.33. The maximum atomic E-state index is 10.2. The highest BCUT2D eigenvalue weighted by atomic mass is 16.5. The predicted octanol–water partition coefficient (Wildman–Crippen LogP) is 4.27. The van der Waals surface area contributed by atoms with Crippen LogP contribution in [-0.4, -0.2) is 53.4 Å². The van der Waals surface area contributed by atoms with Crippen LogP contribution in [0.15, 0.2) is 67.3 Å². The van der Waals surface area contributed by atoms with Gasteiger partial charge in [0.2, 0.25) is 0 Å². The van der Waals surface area contributed by atoms with E-state index in [4.69, 9.17) is 9.84 Å². The van der Waals surface area contributed by atoms with Crippen LogP contribution in [-0.2, 0) is 6.42 Å². The first-order valence-electron chi connectivity index (χ1n) is 10.5. The Morgan fingerprint density at radius 3 is 2.40 bits per heavy atom. The smallest absolute Gasteiger partial charge is 0.335 e. The number of allylic oxidation sites excluding steroid dienone is 1. The van der Waals surface area contributed by atoms with Gasteiger partial charge in [0.25, 0.3) is 0 Å². The lowest BCUT2D eigenvalue weighted by molar-refractivity contribution is 0.0560. The van der Waals surface area contributed by atoms with Crippen LogP contribution in [0.25, 0.3) is 0 Å². The summed E-state index contributed by atoms with van der Waals surface area (Å²) in [6, 6.07) is 16.2. The van der Waals surface area contributed by atoms with E-state index in [1.807, 2.05) is 30.3 Å². The van der Waals surface area contributed by atoms with Crippen LogP contribution in [0.4, 0.5) is 0 Å². The molecule has 2 aromatic carbocycles. The number of ether oxygens (including phenoxy) is 1. The van der Waals surface area contributed by atoms with E-state index in [9.17, 15) is 9.90 Å². The van der Waals surface area contributed by atoms with E-state index >= 15 is 0 Å². The predicted molar refractivity (Wildman–Crippen MR) is 120 cm³/mol. The minimum Gasteiger partial charge on any atom is -0.491 e. The summed E-state index contributed by atoms with van der Waals surface area (Å²) in [5.74, 6) is 0.791. The molecule has 2 aromatic rings. The zero-order chi connectivity index (χ0) is 21.8. The summed E-state index contributed by atoms with van der Waals surface area (Å²) in [6.45, 7) is 9.29. The number of β-amino-alcohol motifs (C(OH)–C–C–N with tert-alkyl or cyclic N) is 1. The number of likely N-dealkylation sites (tertiary alicyclic amines) is 1. The van der Waals surface area contributed by atoms with Crippen molar-refractivity contribution in [1.29, 1.82) is 0 Å². The van der Waals surface area contributed by atoms with Crippen molar-refractivity contribution in [3.05, 3.63) is 78.4 Å². The summed E-state index contributed by atoms with van der Waals surface area (Å²) >= 11 is 0. The van der Waals surface area contributed by atoms with Crippen molar-refractivity contribution in [3.63, 3.8) is 0 Å². The summed E-state index contributed by atoms with van der Waals surface area (Å²) in [6.07, 6.45) is 4.69. The summed E-state index contributed by atoms with van der Waals surface area (Å²) < 4.78 is 5.79. The molecule has 0 aliphatic carbocycles. The number of aliphatic hydroxyl groups is 1. The average molecular weight is 412 g/mol. The molecule has 0 saturated carbocycles. The Bertz CT molecular complexity index is 770. The van der Waals surface area contributed by atoms with Crippen molar-refractivity contribution in [2.45, 2.75) is 32.3 Å². The highest BCUT2D eigenvalue weighted by Gasteiger charge is 2.18. The summed E-state index contributed by atoms with van der Waals surface area (Å²) in [5, 5.41) is 18.5. The third-order valence-corrected chi connectivity index (χ3v) is 5.13. The number of carbonyl (C=O) groups is 1. The summed E-state index contributed by atoms with van der Waals surface area (Å²) in [4.78, 5) is 12.5. The van der Waals surface area contributed by atoms with Crippen molar-refractivity contribution < 1.29 is 19.7 Å². The van der Waals surface area contributed by atoms with Gasteiger partial charge in [0.05, 0.1) is 5.56 Å². The van der Waals surface area contributed by atoms with Crippen molar-refractivity contribution in [2.75, 3.05) is 26.2 Å². The van der Waals surface area contributed by atoms with Gasteiger partial charge >= 0.3 is 5.97 Å². The Kier molecular flexibility index (Phi) is 10.1. The van der Waals surface area contributed by atoms with Crippen molar-refractivity contribution in [2.24, 2.45) is 5.92 Å². The number of aromatic carboxylic acids is 1. The number of hydrogen-bond donors (Lipinski definition) is 2. The molecule has 1 unspecified atom stereocenters. The first-order chi connectivity index (χ1) is 14.5. The minimum atomic E-state index is -0.879. The van der Waals surface area contributed by atoms with E-state index in [0.29, 0.717) is 18.7 Å². The normalized spacial score (nSPS) is 15.5. The molecule has 162 valence electrons. The fourth-order valence-corrected chi connectivity index (χ4v) is 3.33. The highest BCUT2D eigenvalue weighted by Crippen LogP contribution is 2.19. The summed E-state index contributed by atoms with van der Waals surface area (Å²) in [7, 11) is 0. The van der Waals surface area contributed by atoms with E-state index in [2.05, 4.69) is 18.4 Å². The molecule has 0 aromatic heterocycles. The summed E-state index contributed by atoms with van der Waals surface area (Å²) in [5.41, 5.74) is 1.45. The van der Waals surface area contributed by atoms with Crippen molar-refractivity contribution in [1.82, 2.24) is 4.90 Å². The van der Waals surface area contributed by atoms with Gasteiger partial charge in [-0.25, -0.2) is 4.79 Å². The zero-order valence-corrected chi connectivity index (χ0v) is 17.7. The number of carboxylic acids is 1. The third-order valence-electron chi connectivity index (χ3n) is 5.13. The lowest BCUT2D eigenvalue weighted by Gasteiger charge is -2.31. The number of para-hydroxylation sites is 1. The van der Waals surface area contributed by atoms with E-state index in [1.54, 1.807) is 30.3 Å². The van der Waals surface area contributed by atoms with Crippen LogP contribution in [0.2, 0.25) is 0 Å². The standard InChI is InChI=1S/C18H27NO2.C7H6O2/c1-3-6-16-7-4-5-8-18(16)21-14-17(20)13-19-11-9-15(2)10-12-19;8-7(9)6-4-2-1-3-5-6/h3-5,7-8,15,17,20H,1,6,9-14H2,2H3;1-5H,(H,8,9). The molecule has 30 heavy (non-hydrogen) atoms. The maximum absolute atomic E-state index is 10.2. The van der Waals surface area contributed by atoms with Gasteiger partial charge in [-0.05, 0) is 62.0 Å². The third kappa shape index (κ3) is 8.39. The lowest BCUT2D eigenvalue weighted by atomic mass is 9.99. The van der Waals surface area contributed by atoms with Crippen LogP contribution in [0.1, 0.15) is 35.7 Å². The van der Waals surface area contributed by atoms with E-state index in [-0.39, 0.29) is 0 Å². The topological polar surface area (TPSA) is 70.0 Å². The van der Waals surface area contributed by atoms with Crippen molar-refractivity contribution in [3.8, 4) is 5.75 Å². The van der Waals surface area contributed by atoms with Gasteiger partial charge in [0.1, 0.15) is 18.5 Å². The van der Waals surface area contributed by atoms with Gasteiger partial charge in [-0.15, -0.1) is 6.58 Å². The van der Waals surface area contributed by atoms with Crippen LogP contribution in [0.5, 0.6) is 5.75 Å². The first kappa shape index (κ1) is 23.6. The van der Waals surface area contributed by atoms with Crippen LogP contribution in [0, 0.1) is 5.92 Å². The highest BCUT2D eigenvalue weighted by molar-refractivity contribution is 5.87. The molecule has 1 fully saturated rings. The molecule has 1 atom stereocenters. The average Bonchev–Trinajstić information content (AvgIpc) is 2.76. The van der Waals surface area contributed by atoms with Crippen molar-refractivity contribution >= 4 is 5.97 Å². The second-order valence-corrected chi connectivity index (χ2v) is 7.72. The molecule has 0 amide bonds. The van der Waals surface area contributed by atoms with Crippen LogP contribution in [0.3, 0.4) is 0 Å². The Morgan fingerprint density at radius 1 is 1.17 bits per heavy atom. The molecule has 1 saturated heterocycles. The molecule has 1 heterocycles. The number of hydrogen-bond acceptors (Lipinski definition) is 4. The molecule has 1 aliphatic heterocycles. The number of nitrogens with zero attached hydrogens (tertiary/aromatic N) is 1. The molecule has 3 rings (SSSR count). The molecular weight excluding hydrogens is 378 g/mol. The number of aliphatic hydroxyl groups excluding tert-OH is 1. The van der Waals surface area contributed by atoms with Gasteiger partial charge in [0, 0.05) is 6.54 Å². The fraction of sp³-hybridized carbons (Fsp3) is 0.400. The SMILES string of the molecule is C=CCc1ccccc1OCC(O)CN1CCC(C)CC1.O=C(O)c1ccccc1. The first-order valence-corrected chi connectivity index (χ1v) is 10.5. The molecule has 5 nitrogen and oxygen atoms in total. The van der Waals surface area contributed by atoms with Crippen LogP contribution >= 0.6 is 0 Å². The minimum absolute atomic E-state index is 0.331. The van der Waals surface area contributed by atoms with Crippen LogP contribution < -0.4 is 4.74 Å². The number of rotatable bonds is 8. The second kappa shape index (κ2) is 12.8. The quantitative estimate of drug-likeness (QED) is 0.635. The molecular formula is C25H33NO4. The Hall–Kier alpha value is -2.63. The number of piperidine rings is 1. The Morgan fingerprint density at radius 2 is 1.80 bits per heavy atom.